The topological polar surface area (TPSA) is 46.5 Å². The molecule has 0 heterocycles. The molecule has 0 spiro atoms. The molecule has 1 N–H and O–H groups in total. The van der Waals surface area contributed by atoms with Gasteiger partial charge in [0.15, 0.2) is 5.78 Å². The lowest BCUT2D eigenvalue weighted by molar-refractivity contribution is -0.189. The number of carbonyl (C=O) groups is 1. The monoisotopic (exact) mass is 332 g/mol. The molecule has 8 atom stereocenters. The molecule has 8 unspecified atom stereocenters. The van der Waals surface area contributed by atoms with Gasteiger partial charge in [-0.1, -0.05) is 39.8 Å². The van der Waals surface area contributed by atoms with Crippen molar-refractivity contribution in [1.29, 1.82) is 0 Å². The Balaban J connectivity index is 2.24. The first-order chi connectivity index (χ1) is 11.2. The normalized spacial score (nSPS) is 54.1. The van der Waals surface area contributed by atoms with Gasteiger partial charge in [-0.2, -0.15) is 0 Å². The number of hydrogen-bond acceptors (Lipinski definition) is 3. The molecule has 3 aliphatic rings. The van der Waals surface area contributed by atoms with Crippen molar-refractivity contribution in [3.63, 3.8) is 0 Å². The van der Waals surface area contributed by atoms with Gasteiger partial charge in [0.05, 0.1) is 12.2 Å². The second kappa shape index (κ2) is 5.54. The van der Waals surface area contributed by atoms with Crippen LogP contribution in [0.1, 0.15) is 47.0 Å². The van der Waals surface area contributed by atoms with Crippen molar-refractivity contribution >= 4 is 5.78 Å². The van der Waals surface area contributed by atoms with Crippen LogP contribution in [-0.2, 0) is 9.53 Å². The maximum Gasteiger partial charge on any atom is 0.159 e. The van der Waals surface area contributed by atoms with Crippen LogP contribution in [0.4, 0.5) is 0 Å². The van der Waals surface area contributed by atoms with Gasteiger partial charge in [0, 0.05) is 29.3 Å². The summed E-state index contributed by atoms with van der Waals surface area (Å²) < 4.78 is 5.98. The van der Waals surface area contributed by atoms with Crippen molar-refractivity contribution in [2.75, 3.05) is 7.11 Å². The lowest BCUT2D eigenvalue weighted by Crippen LogP contribution is -2.62. The number of hydrogen-bond donors (Lipinski definition) is 1. The fourth-order valence-corrected chi connectivity index (χ4v) is 6.16. The third kappa shape index (κ3) is 2.00. The maximum absolute atomic E-state index is 12.9. The summed E-state index contributed by atoms with van der Waals surface area (Å²) in [4.78, 5) is 12.9. The van der Waals surface area contributed by atoms with E-state index in [0.29, 0.717) is 12.3 Å². The zero-order valence-electron chi connectivity index (χ0n) is 15.7. The van der Waals surface area contributed by atoms with E-state index in [1.807, 2.05) is 6.08 Å². The summed E-state index contributed by atoms with van der Waals surface area (Å²) in [6.45, 7) is 12.7. The average Bonchev–Trinajstić information content (AvgIpc) is 2.92. The van der Waals surface area contributed by atoms with Gasteiger partial charge in [0.25, 0.3) is 0 Å². The summed E-state index contributed by atoms with van der Waals surface area (Å²) in [5.74, 6) is 0.531. The van der Waals surface area contributed by atoms with Crippen LogP contribution in [0.5, 0.6) is 0 Å². The third-order valence-corrected chi connectivity index (χ3v) is 8.14. The minimum Gasteiger partial charge on any atom is -0.392 e. The van der Waals surface area contributed by atoms with Crippen molar-refractivity contribution in [2.24, 2.45) is 34.0 Å². The van der Waals surface area contributed by atoms with E-state index in [4.69, 9.17) is 4.74 Å². The minimum atomic E-state index is -0.538. The summed E-state index contributed by atoms with van der Waals surface area (Å²) >= 11 is 0. The molecule has 0 aromatic carbocycles. The Morgan fingerprint density at radius 3 is 2.62 bits per heavy atom. The number of aliphatic hydroxyl groups excluding tert-OH is 1. The van der Waals surface area contributed by atoms with Crippen molar-refractivity contribution in [3.8, 4) is 0 Å². The highest BCUT2D eigenvalue weighted by Crippen LogP contribution is 2.66. The first-order valence-electron chi connectivity index (χ1n) is 9.25. The Labute approximate surface area is 146 Å². The van der Waals surface area contributed by atoms with Crippen LogP contribution in [-0.4, -0.2) is 30.2 Å². The fourth-order valence-electron chi connectivity index (χ4n) is 6.16. The summed E-state index contributed by atoms with van der Waals surface area (Å²) in [6, 6.07) is 0. The number of ether oxygens (including phenoxy) is 1. The highest BCUT2D eigenvalue weighted by atomic mass is 16.5. The molecule has 3 rings (SSSR count). The fraction of sp³-hybridized carbons (Fsp3) is 0.762. The van der Waals surface area contributed by atoms with Crippen molar-refractivity contribution in [2.45, 2.75) is 59.2 Å². The molecule has 134 valence electrons. The molecule has 3 heteroatoms. The molecule has 2 saturated carbocycles. The number of rotatable bonds is 2. The Kier molecular flexibility index (Phi) is 4.12. The maximum atomic E-state index is 12.9. The van der Waals surface area contributed by atoms with Gasteiger partial charge in [-0.15, -0.1) is 6.58 Å². The predicted molar refractivity (Wildman–Crippen MR) is 95.5 cm³/mol. The van der Waals surface area contributed by atoms with Crippen LogP contribution in [0.15, 0.2) is 24.8 Å². The third-order valence-electron chi connectivity index (χ3n) is 8.14. The first-order valence-corrected chi connectivity index (χ1v) is 9.25. The smallest absolute Gasteiger partial charge is 0.159 e. The molecular formula is C21H32O3. The molecule has 3 aliphatic carbocycles. The first kappa shape index (κ1) is 17.9. The van der Waals surface area contributed by atoms with E-state index >= 15 is 0 Å². The zero-order valence-corrected chi connectivity index (χ0v) is 15.7. The van der Waals surface area contributed by atoms with Crippen molar-refractivity contribution in [3.05, 3.63) is 24.8 Å². The highest BCUT2D eigenvalue weighted by molar-refractivity contribution is 5.96. The summed E-state index contributed by atoms with van der Waals surface area (Å²) in [5, 5.41) is 11.2. The molecule has 24 heavy (non-hydrogen) atoms. The standard InChI is InChI=1S/C21H32O3/c1-7-19(4)12-16(24-6)20(5)13(2)8-10-21(14(3)18(19)23)11-9-15(22)17(20)21/h7,9,11,13-14,16-18,23H,1,8,10,12H2,2-6H3. The van der Waals surface area contributed by atoms with Gasteiger partial charge in [0.2, 0.25) is 0 Å². The molecular weight excluding hydrogens is 300 g/mol. The second-order valence-corrected chi connectivity index (χ2v) is 8.96. The second-order valence-electron chi connectivity index (χ2n) is 8.96. The van der Waals surface area contributed by atoms with Crippen LogP contribution >= 0.6 is 0 Å². The predicted octanol–water partition coefficient (Wildman–Crippen LogP) is 3.77. The number of methoxy groups -OCH3 is 1. The minimum absolute atomic E-state index is 0.0119. The van der Waals surface area contributed by atoms with E-state index in [2.05, 4.69) is 40.3 Å². The van der Waals surface area contributed by atoms with Crippen molar-refractivity contribution in [1.82, 2.24) is 0 Å². The van der Waals surface area contributed by atoms with Crippen molar-refractivity contribution < 1.29 is 14.6 Å². The molecule has 0 amide bonds. The summed E-state index contributed by atoms with van der Waals surface area (Å²) in [7, 11) is 1.74. The number of ketones is 1. The van der Waals surface area contributed by atoms with Crippen LogP contribution < -0.4 is 0 Å². The molecule has 2 fully saturated rings. The molecule has 2 bridgehead atoms. The molecule has 3 nitrogen and oxygen atoms in total. The van der Waals surface area contributed by atoms with E-state index in [1.165, 1.54) is 0 Å². The van der Waals surface area contributed by atoms with Gasteiger partial charge in [0.1, 0.15) is 0 Å². The number of aliphatic hydroxyl groups is 1. The van der Waals surface area contributed by atoms with Gasteiger partial charge in [-0.05, 0) is 37.2 Å². The SMILES string of the molecule is C=CC1(C)CC(OC)C2(C)C(C)CCC3(C=CC(=O)C32)C(C)C1O. The van der Waals surface area contributed by atoms with E-state index in [1.54, 1.807) is 13.2 Å². The summed E-state index contributed by atoms with van der Waals surface area (Å²) in [6.07, 6.45) is 7.87. The van der Waals surface area contributed by atoms with E-state index in [0.717, 1.165) is 12.8 Å². The van der Waals surface area contributed by atoms with Gasteiger partial charge >= 0.3 is 0 Å². The van der Waals surface area contributed by atoms with Crippen LogP contribution in [0.3, 0.4) is 0 Å². The lowest BCUT2D eigenvalue weighted by atomic mass is 9.44. The van der Waals surface area contributed by atoms with Gasteiger partial charge in [-0.25, -0.2) is 0 Å². The average molecular weight is 332 g/mol. The Morgan fingerprint density at radius 1 is 1.38 bits per heavy atom. The summed E-state index contributed by atoms with van der Waals surface area (Å²) in [5.41, 5.74) is -0.915. The van der Waals surface area contributed by atoms with Crippen LogP contribution in [0.25, 0.3) is 0 Å². The Bertz CT molecular complexity index is 582. The van der Waals surface area contributed by atoms with Crippen LogP contribution in [0.2, 0.25) is 0 Å². The molecule has 0 radical (unpaired) electrons. The zero-order chi connectivity index (χ0) is 17.9. The lowest BCUT2D eigenvalue weighted by Gasteiger charge is -2.61. The van der Waals surface area contributed by atoms with E-state index in [-0.39, 0.29) is 34.6 Å². The van der Waals surface area contributed by atoms with E-state index in [9.17, 15) is 9.90 Å². The molecule has 0 aliphatic heterocycles. The largest absolute Gasteiger partial charge is 0.392 e. The molecule has 0 aromatic rings. The highest BCUT2D eigenvalue weighted by Gasteiger charge is 2.66. The molecule has 0 aromatic heterocycles. The van der Waals surface area contributed by atoms with E-state index < -0.39 is 11.5 Å². The van der Waals surface area contributed by atoms with Gasteiger partial charge < -0.3 is 9.84 Å². The van der Waals surface area contributed by atoms with Crippen LogP contribution in [0, 0.1) is 34.0 Å². The Hall–Kier alpha value is -0.930. The number of carbonyl (C=O) groups excluding carboxylic acids is 1. The Morgan fingerprint density at radius 2 is 2.04 bits per heavy atom. The molecule has 0 saturated heterocycles. The quantitative estimate of drug-likeness (QED) is 0.783. The number of allylic oxidation sites excluding steroid dienone is 2. The van der Waals surface area contributed by atoms with Gasteiger partial charge in [-0.3, -0.25) is 4.79 Å².